The van der Waals surface area contributed by atoms with Crippen molar-refractivity contribution in [3.05, 3.63) is 65.0 Å². The zero-order valence-corrected chi connectivity index (χ0v) is 13.6. The van der Waals surface area contributed by atoms with Crippen LogP contribution in [-0.4, -0.2) is 34.4 Å². The number of nitrogens with one attached hydrogen (secondary N) is 1. The lowest BCUT2D eigenvalue weighted by atomic mass is 9.98. The number of carbonyl (C=O) groups excluding carboxylic acids is 1. The fourth-order valence-corrected chi connectivity index (χ4v) is 3.65. The molecule has 0 bridgehead atoms. The number of imidazole rings is 1. The highest BCUT2D eigenvalue weighted by Gasteiger charge is 2.27. The molecule has 0 saturated carbocycles. The van der Waals surface area contributed by atoms with Crippen LogP contribution in [0.3, 0.4) is 0 Å². The van der Waals surface area contributed by atoms with Crippen LogP contribution in [0.25, 0.3) is 11.0 Å². The zero-order valence-electron chi connectivity index (χ0n) is 13.6. The van der Waals surface area contributed by atoms with Crippen molar-refractivity contribution < 1.29 is 4.79 Å². The minimum Gasteiger partial charge on any atom is -0.366 e. The predicted octanol–water partition coefficient (Wildman–Crippen LogP) is 2.63. The quantitative estimate of drug-likeness (QED) is 0.762. The number of aromatic amines is 1. The van der Waals surface area contributed by atoms with Crippen LogP contribution < -0.4 is 5.73 Å². The summed E-state index contributed by atoms with van der Waals surface area (Å²) in [6, 6.07) is 14.1. The first-order valence-corrected chi connectivity index (χ1v) is 8.21. The largest absolute Gasteiger partial charge is 0.366 e. The fourth-order valence-electron chi connectivity index (χ4n) is 3.65. The van der Waals surface area contributed by atoms with E-state index in [1.807, 2.05) is 12.1 Å². The molecule has 1 amide bonds. The summed E-state index contributed by atoms with van der Waals surface area (Å²) < 4.78 is 0. The average molecular weight is 320 g/mol. The monoisotopic (exact) mass is 320 g/mol. The zero-order chi connectivity index (χ0) is 16.7. The molecule has 0 radical (unpaired) electrons. The van der Waals surface area contributed by atoms with Gasteiger partial charge in [0.25, 0.3) is 5.91 Å². The Labute approximate surface area is 140 Å². The highest BCUT2D eigenvalue weighted by molar-refractivity contribution is 6.04. The van der Waals surface area contributed by atoms with Crippen molar-refractivity contribution in [2.45, 2.75) is 18.9 Å². The number of rotatable bonds is 2. The molecule has 24 heavy (non-hydrogen) atoms. The van der Waals surface area contributed by atoms with Gasteiger partial charge in [0, 0.05) is 0 Å². The minimum absolute atomic E-state index is 0.0526. The topological polar surface area (TPSA) is 75.0 Å². The number of carbonyl (C=O) groups is 1. The number of benzene rings is 2. The average Bonchev–Trinajstić information content (AvgIpc) is 2.92. The molecule has 1 unspecified atom stereocenters. The smallest absolute Gasteiger partial charge is 0.250 e. The Bertz CT molecular complexity index is 915. The van der Waals surface area contributed by atoms with Crippen LogP contribution in [0.15, 0.2) is 42.5 Å². The van der Waals surface area contributed by atoms with Gasteiger partial charge in [-0.1, -0.05) is 30.3 Å². The molecule has 0 fully saturated rings. The summed E-state index contributed by atoms with van der Waals surface area (Å²) in [6.07, 6.45) is 2.19. The first kappa shape index (κ1) is 14.9. The number of H-pyrrole nitrogens is 1. The predicted molar refractivity (Wildman–Crippen MR) is 93.8 cm³/mol. The van der Waals surface area contributed by atoms with Crippen molar-refractivity contribution >= 4 is 16.9 Å². The first-order chi connectivity index (χ1) is 11.6. The van der Waals surface area contributed by atoms with Gasteiger partial charge in [-0.3, -0.25) is 9.69 Å². The number of primary amides is 1. The van der Waals surface area contributed by atoms with E-state index in [9.17, 15) is 4.79 Å². The number of nitrogens with zero attached hydrogens (tertiary/aromatic N) is 2. The maximum absolute atomic E-state index is 11.7. The molecule has 122 valence electrons. The molecule has 0 saturated heterocycles. The number of aromatic nitrogens is 2. The molecular formula is C19H20N4O. The number of amides is 1. The molecule has 5 heteroatoms. The van der Waals surface area contributed by atoms with Crippen LogP contribution in [0.4, 0.5) is 0 Å². The van der Waals surface area contributed by atoms with Crippen LogP contribution in [0.5, 0.6) is 0 Å². The third-order valence-corrected chi connectivity index (χ3v) is 4.80. The van der Waals surface area contributed by atoms with Crippen LogP contribution >= 0.6 is 0 Å². The molecule has 0 aliphatic carbocycles. The second-order valence-corrected chi connectivity index (χ2v) is 6.37. The molecule has 0 spiro atoms. The minimum atomic E-state index is -0.451. The van der Waals surface area contributed by atoms with Gasteiger partial charge in [0.15, 0.2) is 0 Å². The Morgan fingerprint density at radius 2 is 2.08 bits per heavy atom. The molecule has 2 heterocycles. The standard InChI is InChI=1S/C19H20N4O/c1-23-11-5-7-12-6-2-3-8-13(12)17(23)19-21-15-10-4-9-14(18(20)24)16(15)22-19/h2-4,6,8-10,17H,5,7,11H2,1H3,(H2,20,24)(H,21,22). The number of para-hydroxylation sites is 1. The fraction of sp³-hybridized carbons (Fsp3) is 0.263. The van der Waals surface area contributed by atoms with E-state index in [0.29, 0.717) is 11.1 Å². The Morgan fingerprint density at radius 1 is 1.25 bits per heavy atom. The van der Waals surface area contributed by atoms with Gasteiger partial charge < -0.3 is 10.7 Å². The second-order valence-electron chi connectivity index (χ2n) is 6.37. The molecule has 3 aromatic rings. The third kappa shape index (κ3) is 2.37. The molecule has 2 aromatic carbocycles. The summed E-state index contributed by atoms with van der Waals surface area (Å²) in [7, 11) is 2.12. The molecule has 5 nitrogen and oxygen atoms in total. The van der Waals surface area contributed by atoms with Crippen molar-refractivity contribution in [3.8, 4) is 0 Å². The molecule has 4 rings (SSSR count). The van der Waals surface area contributed by atoms with E-state index in [4.69, 9.17) is 10.7 Å². The highest BCUT2D eigenvalue weighted by atomic mass is 16.1. The van der Waals surface area contributed by atoms with Crippen LogP contribution in [-0.2, 0) is 6.42 Å². The van der Waals surface area contributed by atoms with Gasteiger partial charge in [-0.15, -0.1) is 0 Å². The maximum atomic E-state index is 11.7. The van der Waals surface area contributed by atoms with Gasteiger partial charge in [-0.05, 0) is 49.7 Å². The van der Waals surface area contributed by atoms with Gasteiger partial charge in [0.2, 0.25) is 0 Å². The molecule has 1 aliphatic rings. The normalized spacial score (nSPS) is 18.3. The van der Waals surface area contributed by atoms with E-state index in [1.165, 1.54) is 11.1 Å². The Morgan fingerprint density at radius 3 is 2.92 bits per heavy atom. The van der Waals surface area contributed by atoms with Gasteiger partial charge in [-0.25, -0.2) is 4.98 Å². The number of aryl methyl sites for hydroxylation is 1. The Kier molecular flexibility index (Phi) is 3.58. The lowest BCUT2D eigenvalue weighted by molar-refractivity contribution is 0.100. The number of hydrogen-bond donors (Lipinski definition) is 2. The summed E-state index contributed by atoms with van der Waals surface area (Å²) in [5.41, 5.74) is 10.1. The van der Waals surface area contributed by atoms with E-state index >= 15 is 0 Å². The van der Waals surface area contributed by atoms with E-state index in [-0.39, 0.29) is 6.04 Å². The Balaban J connectivity index is 1.90. The Hall–Kier alpha value is -2.66. The van der Waals surface area contributed by atoms with Gasteiger partial charge in [0.05, 0.1) is 17.1 Å². The first-order valence-electron chi connectivity index (χ1n) is 8.21. The van der Waals surface area contributed by atoms with Crippen molar-refractivity contribution in [2.24, 2.45) is 5.73 Å². The summed E-state index contributed by atoms with van der Waals surface area (Å²) in [5.74, 6) is 0.406. The third-order valence-electron chi connectivity index (χ3n) is 4.80. The van der Waals surface area contributed by atoms with Gasteiger partial charge >= 0.3 is 0 Å². The molecular weight excluding hydrogens is 300 g/mol. The summed E-state index contributed by atoms with van der Waals surface area (Å²) in [4.78, 5) is 22.1. The number of nitrogens with two attached hydrogens (primary N) is 1. The lowest BCUT2D eigenvalue weighted by Crippen LogP contribution is -2.26. The van der Waals surface area contributed by atoms with E-state index < -0.39 is 5.91 Å². The van der Waals surface area contributed by atoms with Crippen LogP contribution in [0.2, 0.25) is 0 Å². The SMILES string of the molecule is CN1CCCc2ccccc2C1c1nc2c(C(N)=O)cccc2[nH]1. The van der Waals surface area contributed by atoms with Crippen molar-refractivity contribution in [3.63, 3.8) is 0 Å². The van der Waals surface area contributed by atoms with Crippen LogP contribution in [0.1, 0.15) is 39.8 Å². The van der Waals surface area contributed by atoms with Crippen molar-refractivity contribution in [2.75, 3.05) is 13.6 Å². The summed E-state index contributed by atoms with van der Waals surface area (Å²) in [5, 5.41) is 0. The second kappa shape index (κ2) is 5.76. The molecule has 3 N–H and O–H groups in total. The summed E-state index contributed by atoms with van der Waals surface area (Å²) in [6.45, 7) is 0.999. The van der Waals surface area contributed by atoms with Gasteiger partial charge in [-0.2, -0.15) is 0 Å². The van der Waals surface area contributed by atoms with Crippen molar-refractivity contribution in [1.29, 1.82) is 0 Å². The molecule has 1 aliphatic heterocycles. The van der Waals surface area contributed by atoms with Crippen LogP contribution in [0, 0.1) is 0 Å². The molecule has 1 atom stereocenters. The van der Waals surface area contributed by atoms with Gasteiger partial charge in [0.1, 0.15) is 11.3 Å². The molecule has 1 aromatic heterocycles. The van der Waals surface area contributed by atoms with E-state index in [0.717, 1.165) is 30.7 Å². The van der Waals surface area contributed by atoms with Crippen molar-refractivity contribution in [1.82, 2.24) is 14.9 Å². The van der Waals surface area contributed by atoms with E-state index in [2.05, 4.69) is 41.2 Å². The van der Waals surface area contributed by atoms with E-state index in [1.54, 1.807) is 6.07 Å². The number of hydrogen-bond acceptors (Lipinski definition) is 3. The maximum Gasteiger partial charge on any atom is 0.250 e. The highest BCUT2D eigenvalue weighted by Crippen LogP contribution is 2.33. The summed E-state index contributed by atoms with van der Waals surface area (Å²) >= 11 is 0. The number of fused-ring (bicyclic) bond motifs is 2. The lowest BCUT2D eigenvalue weighted by Gasteiger charge is -2.25.